The Labute approximate surface area is 115 Å². The first-order chi connectivity index (χ1) is 9.26. The van der Waals surface area contributed by atoms with Gasteiger partial charge in [0, 0.05) is 17.7 Å². The molecule has 3 heteroatoms. The minimum absolute atomic E-state index is 0.0289. The second kappa shape index (κ2) is 4.94. The van der Waals surface area contributed by atoms with Crippen LogP contribution >= 0.6 is 11.8 Å². The first-order valence-electron chi connectivity index (χ1n) is 5.94. The van der Waals surface area contributed by atoms with E-state index in [2.05, 4.69) is 12.1 Å². The summed E-state index contributed by atoms with van der Waals surface area (Å²) < 4.78 is 5.71. The lowest BCUT2D eigenvalue weighted by molar-refractivity contribution is 0.468. The van der Waals surface area contributed by atoms with Crippen LogP contribution in [0.25, 0.3) is 22.1 Å². The first kappa shape index (κ1) is 12.1. The van der Waals surface area contributed by atoms with Crippen molar-refractivity contribution in [3.63, 3.8) is 0 Å². The summed E-state index contributed by atoms with van der Waals surface area (Å²) in [6.07, 6.45) is 1.89. The van der Waals surface area contributed by atoms with Gasteiger partial charge in [0.05, 0.1) is 0 Å². The van der Waals surface area contributed by atoms with Crippen molar-refractivity contribution in [1.29, 1.82) is 0 Å². The number of rotatable bonds is 2. The third-order valence-electron chi connectivity index (χ3n) is 2.98. The van der Waals surface area contributed by atoms with Crippen LogP contribution < -0.4 is 5.43 Å². The van der Waals surface area contributed by atoms with E-state index in [0.29, 0.717) is 10.9 Å². The van der Waals surface area contributed by atoms with Crippen LogP contribution in [0.5, 0.6) is 0 Å². The van der Waals surface area contributed by atoms with Gasteiger partial charge in [-0.3, -0.25) is 4.79 Å². The number of benzene rings is 2. The number of hydrogen-bond donors (Lipinski definition) is 0. The van der Waals surface area contributed by atoms with Crippen molar-refractivity contribution in [3.05, 3.63) is 64.8 Å². The molecule has 0 fully saturated rings. The zero-order chi connectivity index (χ0) is 13.2. The molecule has 0 spiro atoms. The summed E-state index contributed by atoms with van der Waals surface area (Å²) in [7, 11) is 0. The number of hydrogen-bond acceptors (Lipinski definition) is 3. The van der Waals surface area contributed by atoms with Gasteiger partial charge in [0.2, 0.25) is 0 Å². The zero-order valence-corrected chi connectivity index (χ0v) is 11.2. The minimum Gasteiger partial charge on any atom is -0.450 e. The van der Waals surface area contributed by atoms with E-state index < -0.39 is 0 Å². The lowest BCUT2D eigenvalue weighted by atomic mass is 10.1. The molecule has 0 saturated heterocycles. The largest absolute Gasteiger partial charge is 0.450 e. The third kappa shape index (κ3) is 2.42. The monoisotopic (exact) mass is 268 g/mol. The van der Waals surface area contributed by atoms with E-state index in [9.17, 15) is 4.79 Å². The molecule has 94 valence electrons. The topological polar surface area (TPSA) is 30.2 Å². The predicted octanol–water partition coefficient (Wildman–Crippen LogP) is 4.18. The van der Waals surface area contributed by atoms with Gasteiger partial charge >= 0.3 is 0 Å². The predicted molar refractivity (Wildman–Crippen MR) is 79.7 cm³/mol. The Morgan fingerprint density at radius 2 is 1.74 bits per heavy atom. The van der Waals surface area contributed by atoms with E-state index in [0.717, 1.165) is 10.9 Å². The Morgan fingerprint density at radius 1 is 0.947 bits per heavy atom. The van der Waals surface area contributed by atoms with Crippen LogP contribution in [0.15, 0.2) is 68.9 Å². The summed E-state index contributed by atoms with van der Waals surface area (Å²) in [5.41, 5.74) is 0.894. The van der Waals surface area contributed by atoms with Crippen molar-refractivity contribution in [2.24, 2.45) is 0 Å². The van der Waals surface area contributed by atoms with Crippen molar-refractivity contribution >= 4 is 22.5 Å². The Hall–Kier alpha value is -2.00. The maximum absolute atomic E-state index is 11.6. The highest BCUT2D eigenvalue weighted by molar-refractivity contribution is 7.98. The molecule has 0 aliphatic rings. The van der Waals surface area contributed by atoms with Crippen molar-refractivity contribution < 1.29 is 4.42 Å². The molecule has 0 N–H and O–H groups in total. The van der Waals surface area contributed by atoms with Crippen molar-refractivity contribution in [2.75, 3.05) is 6.26 Å². The fourth-order valence-corrected chi connectivity index (χ4v) is 2.45. The minimum atomic E-state index is -0.0289. The number of fused-ring (bicyclic) bond motifs is 1. The molecule has 19 heavy (non-hydrogen) atoms. The Balaban J connectivity index is 2.18. The van der Waals surface area contributed by atoms with Gasteiger partial charge in [-0.15, -0.1) is 0 Å². The molecule has 0 saturated carbocycles. The highest BCUT2D eigenvalue weighted by Crippen LogP contribution is 2.26. The molecule has 0 atom stereocenters. The fourth-order valence-electron chi connectivity index (χ4n) is 2.04. The summed E-state index contributed by atoms with van der Waals surface area (Å²) in [5, 5.41) is 2.95. The van der Waals surface area contributed by atoms with Gasteiger partial charge in [0.25, 0.3) is 0 Å². The van der Waals surface area contributed by atoms with Gasteiger partial charge in [-0.25, -0.2) is 0 Å². The van der Waals surface area contributed by atoms with Gasteiger partial charge in [-0.2, -0.15) is 0 Å². The lowest BCUT2D eigenvalue weighted by Gasteiger charge is -2.04. The van der Waals surface area contributed by atoms with E-state index in [1.807, 2.05) is 36.6 Å². The fraction of sp³-hybridized carbons (Fsp3) is 0.0625. The zero-order valence-electron chi connectivity index (χ0n) is 10.4. The summed E-state index contributed by atoms with van der Waals surface area (Å²) in [6, 6.07) is 17.2. The maximum atomic E-state index is 11.6. The van der Waals surface area contributed by atoms with E-state index >= 15 is 0 Å². The molecule has 0 unspecified atom stereocenters. The third-order valence-corrected chi connectivity index (χ3v) is 3.58. The Morgan fingerprint density at radius 3 is 2.53 bits per heavy atom. The maximum Gasteiger partial charge on any atom is 0.186 e. The van der Waals surface area contributed by atoms with Gasteiger partial charge in [-0.05, 0) is 23.1 Å². The molecule has 0 radical (unpaired) electrons. The molecular formula is C16H12O2S. The summed E-state index contributed by atoms with van der Waals surface area (Å²) in [5.74, 6) is 0.614. The first-order valence-corrected chi connectivity index (χ1v) is 7.17. The summed E-state index contributed by atoms with van der Waals surface area (Å²) in [4.78, 5) is 11.6. The molecule has 0 aliphatic heterocycles. The molecule has 1 aromatic heterocycles. The van der Waals surface area contributed by atoms with Crippen LogP contribution in [-0.4, -0.2) is 6.26 Å². The average Bonchev–Trinajstić information content (AvgIpc) is 2.46. The summed E-state index contributed by atoms with van der Waals surface area (Å²) in [6.45, 7) is 0. The smallest absolute Gasteiger partial charge is 0.186 e. The van der Waals surface area contributed by atoms with E-state index in [-0.39, 0.29) is 5.43 Å². The van der Waals surface area contributed by atoms with Crippen LogP contribution in [0.3, 0.4) is 0 Å². The van der Waals surface area contributed by atoms with Gasteiger partial charge in [-0.1, -0.05) is 48.2 Å². The van der Waals surface area contributed by atoms with Gasteiger partial charge < -0.3 is 4.42 Å². The van der Waals surface area contributed by atoms with Gasteiger partial charge in [0.1, 0.15) is 5.76 Å². The quantitative estimate of drug-likeness (QED) is 0.653. The van der Waals surface area contributed by atoms with Crippen LogP contribution in [0.2, 0.25) is 0 Å². The van der Waals surface area contributed by atoms with Crippen molar-refractivity contribution in [1.82, 2.24) is 0 Å². The van der Waals surface area contributed by atoms with E-state index in [1.165, 1.54) is 29.3 Å². The van der Waals surface area contributed by atoms with Crippen molar-refractivity contribution in [3.8, 4) is 11.3 Å². The highest BCUT2D eigenvalue weighted by atomic mass is 32.2. The van der Waals surface area contributed by atoms with Crippen LogP contribution in [0, 0.1) is 0 Å². The molecule has 1 heterocycles. The van der Waals surface area contributed by atoms with Crippen LogP contribution in [0.4, 0.5) is 0 Å². The molecular weight excluding hydrogens is 256 g/mol. The number of thioether (sulfide) groups is 1. The molecule has 2 aromatic carbocycles. The normalized spacial score (nSPS) is 10.8. The Bertz CT molecular complexity index is 790. The Kier molecular flexibility index (Phi) is 3.13. The van der Waals surface area contributed by atoms with Gasteiger partial charge in [0.15, 0.2) is 10.5 Å². The SMILES string of the molecule is CSc1cc(=O)cc(-c2ccc3ccccc3c2)o1. The van der Waals surface area contributed by atoms with E-state index in [4.69, 9.17) is 4.42 Å². The van der Waals surface area contributed by atoms with Crippen LogP contribution in [-0.2, 0) is 0 Å². The van der Waals surface area contributed by atoms with Crippen LogP contribution in [0.1, 0.15) is 0 Å². The lowest BCUT2D eigenvalue weighted by Crippen LogP contribution is -1.97. The second-order valence-corrected chi connectivity index (χ2v) is 5.05. The average molecular weight is 268 g/mol. The highest BCUT2D eigenvalue weighted by Gasteiger charge is 2.05. The molecule has 3 rings (SSSR count). The summed E-state index contributed by atoms with van der Waals surface area (Å²) >= 11 is 1.43. The molecule has 0 amide bonds. The molecule has 2 nitrogen and oxygen atoms in total. The van der Waals surface area contributed by atoms with Crippen molar-refractivity contribution in [2.45, 2.75) is 5.09 Å². The van der Waals surface area contributed by atoms with E-state index in [1.54, 1.807) is 0 Å². The molecule has 3 aromatic rings. The second-order valence-electron chi connectivity index (χ2n) is 4.24. The standard InChI is InChI=1S/C16H12O2S/c1-19-16-10-14(17)9-15(18-16)13-7-6-11-4-2-3-5-12(11)8-13/h2-10H,1H3. The molecule has 0 aliphatic carbocycles. The molecule has 0 bridgehead atoms.